The highest BCUT2D eigenvalue weighted by atomic mass is 32.2. The molecule has 94 valence electrons. The maximum absolute atomic E-state index is 4.40. The van der Waals surface area contributed by atoms with Crippen molar-refractivity contribution < 1.29 is 0 Å². The Kier molecular flexibility index (Phi) is 5.33. The van der Waals surface area contributed by atoms with Crippen molar-refractivity contribution in [3.8, 4) is 0 Å². The van der Waals surface area contributed by atoms with Gasteiger partial charge >= 0.3 is 0 Å². The van der Waals surface area contributed by atoms with E-state index >= 15 is 0 Å². The van der Waals surface area contributed by atoms with Crippen LogP contribution in [0.2, 0.25) is 0 Å². The Morgan fingerprint density at radius 1 is 1.41 bits per heavy atom. The number of nitrogens with zero attached hydrogens (tertiary/aromatic N) is 1. The second-order valence-corrected chi connectivity index (χ2v) is 6.08. The summed E-state index contributed by atoms with van der Waals surface area (Å²) in [6.45, 7) is 0. The smallest absolute Gasteiger partial charge is 0.0419 e. The molecule has 0 saturated heterocycles. The molecule has 0 radical (unpaired) electrons. The molecule has 1 heterocycles. The molecular weight excluding hydrogens is 228 g/mol. The first kappa shape index (κ1) is 12.9. The summed E-state index contributed by atoms with van der Waals surface area (Å²) in [6.07, 6.45) is 8.63. The lowest BCUT2D eigenvalue weighted by Crippen LogP contribution is -2.31. The second-order valence-electron chi connectivity index (χ2n) is 4.75. The third kappa shape index (κ3) is 4.32. The fraction of sp³-hybridized carbons (Fsp3) is 0.643. The van der Waals surface area contributed by atoms with Crippen molar-refractivity contribution in [2.75, 3.05) is 12.8 Å². The summed E-state index contributed by atoms with van der Waals surface area (Å²) in [5.74, 6) is 1.21. The van der Waals surface area contributed by atoms with Gasteiger partial charge in [-0.25, -0.2) is 0 Å². The zero-order chi connectivity index (χ0) is 11.9. The third-order valence-electron chi connectivity index (χ3n) is 3.43. The van der Waals surface area contributed by atoms with E-state index in [-0.39, 0.29) is 0 Å². The van der Waals surface area contributed by atoms with E-state index in [1.54, 1.807) is 0 Å². The lowest BCUT2D eigenvalue weighted by Gasteiger charge is -2.17. The first-order valence-corrected chi connectivity index (χ1v) is 7.62. The van der Waals surface area contributed by atoms with Crippen molar-refractivity contribution in [1.29, 1.82) is 0 Å². The lowest BCUT2D eigenvalue weighted by molar-refractivity contribution is 0.608. The molecule has 2 nitrogen and oxygen atoms in total. The minimum atomic E-state index is 0.551. The zero-order valence-corrected chi connectivity index (χ0v) is 11.4. The van der Waals surface area contributed by atoms with Gasteiger partial charge in [0.1, 0.15) is 0 Å². The highest BCUT2D eigenvalue weighted by molar-refractivity contribution is 7.99. The van der Waals surface area contributed by atoms with E-state index in [1.807, 2.05) is 12.3 Å². The van der Waals surface area contributed by atoms with Gasteiger partial charge in [-0.3, -0.25) is 4.98 Å². The largest absolute Gasteiger partial charge is 0.316 e. The summed E-state index contributed by atoms with van der Waals surface area (Å²) in [6, 6.07) is 6.71. The first-order chi connectivity index (χ1) is 8.38. The zero-order valence-electron chi connectivity index (χ0n) is 10.6. The molecule has 1 unspecified atom stereocenters. The van der Waals surface area contributed by atoms with Crippen LogP contribution in [0.5, 0.6) is 0 Å². The Hall–Kier alpha value is -0.540. The Bertz CT molecular complexity index is 309. The van der Waals surface area contributed by atoms with Crippen LogP contribution in [0.3, 0.4) is 0 Å². The summed E-state index contributed by atoms with van der Waals surface area (Å²) < 4.78 is 0. The number of nitrogens with one attached hydrogen (secondary N) is 1. The monoisotopic (exact) mass is 250 g/mol. The van der Waals surface area contributed by atoms with Gasteiger partial charge < -0.3 is 5.32 Å². The second kappa shape index (κ2) is 7.02. The predicted molar refractivity (Wildman–Crippen MR) is 75.5 cm³/mol. The topological polar surface area (TPSA) is 24.9 Å². The molecule has 0 spiro atoms. The van der Waals surface area contributed by atoms with Crippen LogP contribution in [0.25, 0.3) is 0 Å². The molecule has 1 aromatic rings. The summed E-state index contributed by atoms with van der Waals surface area (Å²) in [4.78, 5) is 4.40. The van der Waals surface area contributed by atoms with Gasteiger partial charge in [-0.05, 0) is 32.0 Å². The number of hydrogen-bond donors (Lipinski definition) is 1. The lowest BCUT2D eigenvalue weighted by atomic mass is 10.2. The molecule has 1 atom stereocenters. The van der Waals surface area contributed by atoms with E-state index < -0.39 is 0 Å². The normalized spacial score (nSPS) is 18.4. The van der Waals surface area contributed by atoms with E-state index in [0.717, 1.165) is 11.7 Å². The minimum Gasteiger partial charge on any atom is -0.316 e. The Labute approximate surface area is 109 Å². The van der Waals surface area contributed by atoms with Crippen molar-refractivity contribution >= 4 is 11.8 Å². The van der Waals surface area contributed by atoms with Gasteiger partial charge in [-0.15, -0.1) is 0 Å². The number of rotatable bonds is 6. The van der Waals surface area contributed by atoms with Crippen molar-refractivity contribution in [3.63, 3.8) is 0 Å². The first-order valence-electron chi connectivity index (χ1n) is 6.57. The van der Waals surface area contributed by atoms with Crippen LogP contribution in [0.4, 0.5) is 0 Å². The molecule has 1 aliphatic carbocycles. The summed E-state index contributed by atoms with van der Waals surface area (Å²) in [5.41, 5.74) is 1.19. The van der Waals surface area contributed by atoms with E-state index in [2.05, 4.69) is 41.2 Å². The highest BCUT2D eigenvalue weighted by Crippen LogP contribution is 2.29. The molecule has 3 heteroatoms. The molecule has 0 bridgehead atoms. The SMILES string of the molecule is CNC(CSC1CCCC1)Cc1ccccn1. The molecule has 1 fully saturated rings. The number of hydrogen-bond acceptors (Lipinski definition) is 3. The van der Waals surface area contributed by atoms with Gasteiger partial charge in [0.05, 0.1) is 0 Å². The van der Waals surface area contributed by atoms with Gasteiger partial charge in [0, 0.05) is 35.4 Å². The van der Waals surface area contributed by atoms with Crippen LogP contribution in [0.15, 0.2) is 24.4 Å². The van der Waals surface area contributed by atoms with E-state index in [1.165, 1.54) is 37.1 Å². The molecule has 17 heavy (non-hydrogen) atoms. The van der Waals surface area contributed by atoms with Crippen molar-refractivity contribution in [2.45, 2.75) is 43.4 Å². The predicted octanol–water partition coefficient (Wildman–Crippen LogP) is 2.89. The maximum atomic E-state index is 4.40. The van der Waals surface area contributed by atoms with Crippen molar-refractivity contribution in [2.24, 2.45) is 0 Å². The Balaban J connectivity index is 1.76. The molecule has 0 amide bonds. The summed E-state index contributed by atoms with van der Waals surface area (Å²) >= 11 is 2.15. The quantitative estimate of drug-likeness (QED) is 0.840. The van der Waals surface area contributed by atoms with Crippen LogP contribution < -0.4 is 5.32 Å². The molecule has 1 aromatic heterocycles. The Morgan fingerprint density at radius 2 is 2.24 bits per heavy atom. The molecule has 2 rings (SSSR count). The molecule has 1 saturated carbocycles. The van der Waals surface area contributed by atoms with Crippen LogP contribution >= 0.6 is 11.8 Å². The van der Waals surface area contributed by atoms with E-state index in [4.69, 9.17) is 0 Å². The number of likely N-dealkylation sites (N-methyl/N-ethyl adjacent to an activating group) is 1. The van der Waals surface area contributed by atoms with Gasteiger partial charge in [0.25, 0.3) is 0 Å². The molecule has 0 aromatic carbocycles. The van der Waals surface area contributed by atoms with Crippen molar-refractivity contribution in [1.82, 2.24) is 10.3 Å². The third-order valence-corrected chi connectivity index (χ3v) is 4.96. The Morgan fingerprint density at radius 3 is 2.88 bits per heavy atom. The fourth-order valence-electron chi connectivity index (χ4n) is 2.32. The van der Waals surface area contributed by atoms with Crippen LogP contribution in [0.1, 0.15) is 31.4 Å². The average Bonchev–Trinajstić information content (AvgIpc) is 2.89. The van der Waals surface area contributed by atoms with E-state index in [0.29, 0.717) is 6.04 Å². The average molecular weight is 250 g/mol. The molecule has 1 aliphatic rings. The van der Waals surface area contributed by atoms with Gasteiger partial charge in [-0.2, -0.15) is 11.8 Å². The van der Waals surface area contributed by atoms with Crippen LogP contribution in [-0.2, 0) is 6.42 Å². The summed E-state index contributed by atoms with van der Waals surface area (Å²) in [7, 11) is 2.06. The fourth-order valence-corrected chi connectivity index (χ4v) is 3.78. The molecular formula is C14H22N2S. The van der Waals surface area contributed by atoms with Gasteiger partial charge in [-0.1, -0.05) is 18.9 Å². The molecule has 1 N–H and O–H groups in total. The van der Waals surface area contributed by atoms with Gasteiger partial charge in [0.15, 0.2) is 0 Å². The minimum absolute atomic E-state index is 0.551. The van der Waals surface area contributed by atoms with Crippen LogP contribution in [0, 0.1) is 0 Å². The number of aromatic nitrogens is 1. The van der Waals surface area contributed by atoms with E-state index in [9.17, 15) is 0 Å². The maximum Gasteiger partial charge on any atom is 0.0419 e. The van der Waals surface area contributed by atoms with Crippen molar-refractivity contribution in [3.05, 3.63) is 30.1 Å². The highest BCUT2D eigenvalue weighted by Gasteiger charge is 2.17. The number of pyridine rings is 1. The van der Waals surface area contributed by atoms with Gasteiger partial charge in [0.2, 0.25) is 0 Å². The van der Waals surface area contributed by atoms with Crippen LogP contribution in [-0.4, -0.2) is 29.1 Å². The standard InChI is InChI=1S/C14H22N2S/c1-15-13(10-12-6-4-5-9-16-12)11-17-14-7-2-3-8-14/h4-6,9,13-15H,2-3,7-8,10-11H2,1H3. The number of thioether (sulfide) groups is 1. The summed E-state index contributed by atoms with van der Waals surface area (Å²) in [5, 5.41) is 4.33. The molecule has 0 aliphatic heterocycles.